The summed E-state index contributed by atoms with van der Waals surface area (Å²) in [6.45, 7) is -0.923. The minimum atomic E-state index is -1.19. The van der Waals surface area contributed by atoms with Gasteiger partial charge in [-0.3, -0.25) is 14.4 Å². The van der Waals surface area contributed by atoms with E-state index in [2.05, 4.69) is 26.6 Å². The van der Waals surface area contributed by atoms with E-state index in [9.17, 15) is 18.8 Å². The number of benzene rings is 1. The summed E-state index contributed by atoms with van der Waals surface area (Å²) in [7, 11) is 0. The van der Waals surface area contributed by atoms with Crippen LogP contribution in [0.25, 0.3) is 0 Å². The number of rotatable bonds is 5. The van der Waals surface area contributed by atoms with E-state index in [1.54, 1.807) is 0 Å². The molecule has 2 amide bonds. The second-order valence-corrected chi connectivity index (χ2v) is 4.25. The van der Waals surface area contributed by atoms with Gasteiger partial charge in [0.25, 0.3) is 5.91 Å². The molecule has 0 heterocycles. The Hall–Kier alpha value is -1.96. The molecule has 102 valence electrons. The summed E-state index contributed by atoms with van der Waals surface area (Å²) in [6, 6.07) is 3.93. The highest BCUT2D eigenvalue weighted by molar-refractivity contribution is 9.10. The van der Waals surface area contributed by atoms with Crippen LogP contribution in [0.1, 0.15) is 10.4 Å². The summed E-state index contributed by atoms with van der Waals surface area (Å²) < 4.78 is 13.2. The number of nitrogens with one attached hydrogen (secondary N) is 2. The van der Waals surface area contributed by atoms with Crippen molar-refractivity contribution in [2.75, 3.05) is 13.1 Å². The highest BCUT2D eigenvalue weighted by Crippen LogP contribution is 2.19. The van der Waals surface area contributed by atoms with Crippen molar-refractivity contribution in [1.82, 2.24) is 10.6 Å². The van der Waals surface area contributed by atoms with E-state index in [0.29, 0.717) is 0 Å². The molecule has 0 aliphatic heterocycles. The van der Waals surface area contributed by atoms with Gasteiger partial charge in [-0.25, -0.2) is 4.39 Å². The van der Waals surface area contributed by atoms with Crippen molar-refractivity contribution in [3.8, 4) is 0 Å². The number of hydrogen-bond donors (Lipinski definition) is 3. The third-order valence-electron chi connectivity index (χ3n) is 2.04. The van der Waals surface area contributed by atoms with Gasteiger partial charge in [0, 0.05) is 0 Å². The first-order chi connectivity index (χ1) is 8.91. The van der Waals surface area contributed by atoms with Gasteiger partial charge in [-0.2, -0.15) is 0 Å². The van der Waals surface area contributed by atoms with Gasteiger partial charge in [-0.05, 0) is 28.1 Å². The van der Waals surface area contributed by atoms with E-state index in [4.69, 9.17) is 5.11 Å². The Kier molecular flexibility index (Phi) is 5.43. The molecule has 0 saturated carbocycles. The number of halogens is 2. The first-order valence-electron chi connectivity index (χ1n) is 5.12. The molecule has 0 saturated heterocycles. The molecule has 8 heteroatoms. The third kappa shape index (κ3) is 4.66. The van der Waals surface area contributed by atoms with Crippen molar-refractivity contribution in [3.05, 3.63) is 34.1 Å². The van der Waals surface area contributed by atoms with Crippen LogP contribution >= 0.6 is 15.9 Å². The maximum Gasteiger partial charge on any atom is 0.322 e. The number of carbonyl (C=O) groups excluding carboxylic acids is 2. The average Bonchev–Trinajstić information content (AvgIpc) is 2.36. The van der Waals surface area contributed by atoms with Gasteiger partial charge in [-0.15, -0.1) is 0 Å². The number of hydrogen-bond acceptors (Lipinski definition) is 3. The lowest BCUT2D eigenvalue weighted by Gasteiger charge is -2.07. The Morgan fingerprint density at radius 1 is 1.21 bits per heavy atom. The summed E-state index contributed by atoms with van der Waals surface area (Å²) in [5.74, 6) is -3.07. The molecular weight excluding hydrogens is 323 g/mol. The topological polar surface area (TPSA) is 95.5 Å². The molecule has 0 aromatic heterocycles. The van der Waals surface area contributed by atoms with E-state index in [0.717, 1.165) is 0 Å². The van der Waals surface area contributed by atoms with Gasteiger partial charge >= 0.3 is 5.97 Å². The van der Waals surface area contributed by atoms with Crippen molar-refractivity contribution in [1.29, 1.82) is 0 Å². The molecule has 1 aromatic rings. The standard InChI is InChI=1S/C11H10BrFN2O4/c12-10-6(2-1-3-7(10)13)11(19)15-4-8(16)14-5-9(17)18/h1-3H,4-5H2,(H,14,16)(H,15,19)(H,17,18). The zero-order valence-electron chi connectivity index (χ0n) is 9.57. The van der Waals surface area contributed by atoms with Crippen molar-refractivity contribution in [2.24, 2.45) is 0 Å². The van der Waals surface area contributed by atoms with Crippen LogP contribution in [0.15, 0.2) is 22.7 Å². The average molecular weight is 333 g/mol. The smallest absolute Gasteiger partial charge is 0.322 e. The molecule has 0 atom stereocenters. The summed E-state index contributed by atoms with van der Waals surface area (Å²) in [5, 5.41) is 12.7. The normalized spacial score (nSPS) is 9.79. The number of aliphatic carboxylic acids is 1. The van der Waals surface area contributed by atoms with E-state index in [1.165, 1.54) is 18.2 Å². The molecule has 1 aromatic carbocycles. The Morgan fingerprint density at radius 2 is 1.89 bits per heavy atom. The maximum atomic E-state index is 13.2. The molecule has 0 aliphatic carbocycles. The van der Waals surface area contributed by atoms with Gasteiger partial charge in [0.05, 0.1) is 16.6 Å². The maximum absolute atomic E-state index is 13.2. The van der Waals surface area contributed by atoms with Crippen LogP contribution in [-0.2, 0) is 9.59 Å². The first-order valence-corrected chi connectivity index (χ1v) is 5.92. The molecule has 0 aliphatic rings. The number of carbonyl (C=O) groups is 3. The second-order valence-electron chi connectivity index (χ2n) is 3.45. The van der Waals surface area contributed by atoms with Crippen LogP contribution in [-0.4, -0.2) is 36.0 Å². The molecule has 0 spiro atoms. The van der Waals surface area contributed by atoms with Crippen LogP contribution in [0, 0.1) is 5.82 Å². The molecule has 0 bridgehead atoms. The highest BCUT2D eigenvalue weighted by atomic mass is 79.9. The van der Waals surface area contributed by atoms with E-state index in [1.807, 2.05) is 0 Å². The number of carboxylic acid groups (broad SMARTS) is 1. The molecule has 0 unspecified atom stereocenters. The fourth-order valence-corrected chi connectivity index (χ4v) is 1.62. The second kappa shape index (κ2) is 6.83. The van der Waals surface area contributed by atoms with Crippen LogP contribution in [0.3, 0.4) is 0 Å². The van der Waals surface area contributed by atoms with Crippen molar-refractivity contribution >= 4 is 33.7 Å². The lowest BCUT2D eigenvalue weighted by molar-refractivity contribution is -0.137. The summed E-state index contributed by atoms with van der Waals surface area (Å²) in [5.41, 5.74) is 0.0473. The van der Waals surface area contributed by atoms with E-state index >= 15 is 0 Å². The Balaban J connectivity index is 2.54. The number of amides is 2. The van der Waals surface area contributed by atoms with Gasteiger partial charge in [0.15, 0.2) is 0 Å². The monoisotopic (exact) mass is 332 g/mol. The SMILES string of the molecule is O=C(O)CNC(=O)CNC(=O)c1cccc(F)c1Br. The molecular formula is C11H10BrFN2O4. The van der Waals surface area contributed by atoms with Crippen LogP contribution < -0.4 is 10.6 Å². The van der Waals surface area contributed by atoms with E-state index < -0.39 is 36.7 Å². The van der Waals surface area contributed by atoms with Crippen LogP contribution in [0.2, 0.25) is 0 Å². The van der Waals surface area contributed by atoms with Crippen molar-refractivity contribution in [2.45, 2.75) is 0 Å². The lowest BCUT2D eigenvalue weighted by atomic mass is 10.2. The summed E-state index contributed by atoms with van der Waals surface area (Å²) in [4.78, 5) is 33.0. The molecule has 3 N–H and O–H groups in total. The molecule has 0 fully saturated rings. The van der Waals surface area contributed by atoms with Gasteiger partial charge in [-0.1, -0.05) is 6.07 Å². The fourth-order valence-electron chi connectivity index (χ4n) is 1.17. The Labute approximate surface area is 116 Å². The molecule has 6 nitrogen and oxygen atoms in total. The largest absolute Gasteiger partial charge is 0.480 e. The fraction of sp³-hybridized carbons (Fsp3) is 0.182. The zero-order chi connectivity index (χ0) is 14.4. The Morgan fingerprint density at radius 3 is 2.53 bits per heavy atom. The molecule has 19 heavy (non-hydrogen) atoms. The molecule has 1 rings (SSSR count). The zero-order valence-corrected chi connectivity index (χ0v) is 11.2. The quantitative estimate of drug-likeness (QED) is 0.732. The van der Waals surface area contributed by atoms with Gasteiger partial charge < -0.3 is 15.7 Å². The summed E-state index contributed by atoms with van der Waals surface area (Å²) in [6.07, 6.45) is 0. The van der Waals surface area contributed by atoms with Crippen LogP contribution in [0.5, 0.6) is 0 Å². The van der Waals surface area contributed by atoms with Crippen LogP contribution in [0.4, 0.5) is 4.39 Å². The third-order valence-corrected chi connectivity index (χ3v) is 2.85. The minimum Gasteiger partial charge on any atom is -0.480 e. The van der Waals surface area contributed by atoms with Crippen molar-refractivity contribution < 1.29 is 23.9 Å². The first kappa shape index (κ1) is 15.1. The predicted octanol–water partition coefficient (Wildman–Crippen LogP) is 0.519. The van der Waals surface area contributed by atoms with Gasteiger partial charge in [0.2, 0.25) is 5.91 Å². The highest BCUT2D eigenvalue weighted by Gasteiger charge is 2.13. The lowest BCUT2D eigenvalue weighted by Crippen LogP contribution is -2.39. The molecule has 0 radical (unpaired) electrons. The summed E-state index contributed by atoms with van der Waals surface area (Å²) >= 11 is 2.92. The Bertz CT molecular complexity index is 521. The number of carboxylic acids is 1. The minimum absolute atomic E-state index is 0.00144. The van der Waals surface area contributed by atoms with Gasteiger partial charge in [0.1, 0.15) is 12.4 Å². The van der Waals surface area contributed by atoms with Crippen molar-refractivity contribution in [3.63, 3.8) is 0 Å². The predicted molar refractivity (Wildman–Crippen MR) is 67.1 cm³/mol. The van der Waals surface area contributed by atoms with E-state index in [-0.39, 0.29) is 10.0 Å².